The highest BCUT2D eigenvalue weighted by molar-refractivity contribution is 5.74. The Bertz CT molecular complexity index is 882. The van der Waals surface area contributed by atoms with Crippen LogP contribution >= 0.6 is 0 Å². The Kier molecular flexibility index (Phi) is 2.90. The maximum atomic E-state index is 11.7. The molecule has 0 saturated heterocycles. The van der Waals surface area contributed by atoms with E-state index in [1.165, 1.54) is 10.8 Å². The summed E-state index contributed by atoms with van der Waals surface area (Å²) in [6.45, 7) is 2.15. The molecular weight excluding hydrogens is 258 g/mol. The highest BCUT2D eigenvalue weighted by Gasteiger charge is 2.12. The molecule has 0 N–H and O–H groups in total. The van der Waals surface area contributed by atoms with Crippen molar-refractivity contribution in [1.29, 1.82) is 0 Å². The number of nitrogens with zero attached hydrogens (tertiary/aromatic N) is 3. The second-order valence-electron chi connectivity index (χ2n) is 4.20. The molecular formula is C14H11N3O3. The summed E-state index contributed by atoms with van der Waals surface area (Å²) in [6, 6.07) is 9.35. The molecule has 0 fully saturated rings. The molecule has 0 spiro atoms. The van der Waals surface area contributed by atoms with Gasteiger partial charge in [0.1, 0.15) is 5.39 Å². The number of aryl methyl sites for hydroxylation is 1. The Morgan fingerprint density at radius 2 is 1.95 bits per heavy atom. The van der Waals surface area contributed by atoms with Gasteiger partial charge in [-0.05, 0) is 6.92 Å². The third kappa shape index (κ3) is 1.91. The number of benzene rings is 1. The molecule has 2 heterocycles. The molecule has 0 radical (unpaired) electrons. The van der Waals surface area contributed by atoms with Gasteiger partial charge in [0.2, 0.25) is 0 Å². The van der Waals surface area contributed by atoms with E-state index in [-0.39, 0.29) is 5.39 Å². The largest absolute Gasteiger partial charge is 0.423 e. The van der Waals surface area contributed by atoms with Crippen molar-refractivity contribution in [3.63, 3.8) is 0 Å². The lowest BCUT2D eigenvalue weighted by atomic mass is 10.2. The van der Waals surface area contributed by atoms with Crippen LogP contribution in [-0.2, 0) is 6.54 Å². The number of aromatic nitrogens is 3. The summed E-state index contributed by atoms with van der Waals surface area (Å²) < 4.78 is 5.94. The van der Waals surface area contributed by atoms with Gasteiger partial charge in [-0.1, -0.05) is 30.3 Å². The Hall–Kier alpha value is -2.76. The van der Waals surface area contributed by atoms with Crippen molar-refractivity contribution in [2.75, 3.05) is 0 Å². The van der Waals surface area contributed by atoms with Crippen molar-refractivity contribution in [2.45, 2.75) is 13.5 Å². The minimum Gasteiger partial charge on any atom is -0.372 e. The van der Waals surface area contributed by atoms with Gasteiger partial charge in [0, 0.05) is 18.3 Å². The molecule has 3 rings (SSSR count). The molecule has 0 aliphatic rings. The molecule has 2 aromatic heterocycles. The van der Waals surface area contributed by atoms with Crippen molar-refractivity contribution in [3.05, 3.63) is 57.5 Å². The number of fused-ring (bicyclic) bond motifs is 1. The van der Waals surface area contributed by atoms with Gasteiger partial charge in [0.15, 0.2) is 11.5 Å². The summed E-state index contributed by atoms with van der Waals surface area (Å²) in [5.74, 6) is -0.243. The SMILES string of the molecule is CCn1c(=O)oc(=O)c2cnc(-c3ccccc3)nc21. The van der Waals surface area contributed by atoms with E-state index in [9.17, 15) is 9.59 Å². The van der Waals surface area contributed by atoms with Crippen LogP contribution < -0.4 is 11.4 Å². The molecule has 0 aliphatic carbocycles. The van der Waals surface area contributed by atoms with E-state index in [0.717, 1.165) is 5.56 Å². The molecule has 3 aromatic rings. The van der Waals surface area contributed by atoms with Gasteiger partial charge in [-0.15, -0.1) is 0 Å². The lowest BCUT2D eigenvalue weighted by Crippen LogP contribution is -2.25. The first-order chi connectivity index (χ1) is 9.70. The first kappa shape index (κ1) is 12.3. The molecule has 20 heavy (non-hydrogen) atoms. The zero-order valence-corrected chi connectivity index (χ0v) is 10.7. The standard InChI is InChI=1S/C14H11N3O3/c1-2-17-12-10(13(18)20-14(17)19)8-15-11(16-12)9-6-4-3-5-7-9/h3-8H,2H2,1H3. The maximum absolute atomic E-state index is 11.7. The molecule has 0 aliphatic heterocycles. The molecule has 1 aromatic carbocycles. The zero-order chi connectivity index (χ0) is 14.1. The third-order valence-electron chi connectivity index (χ3n) is 2.99. The number of rotatable bonds is 2. The van der Waals surface area contributed by atoms with Crippen LogP contribution in [0, 0.1) is 0 Å². The van der Waals surface area contributed by atoms with Crippen molar-refractivity contribution in [1.82, 2.24) is 14.5 Å². The predicted octanol–water partition coefficient (Wildman–Crippen LogP) is 1.43. The highest BCUT2D eigenvalue weighted by Crippen LogP contribution is 2.15. The van der Waals surface area contributed by atoms with Gasteiger partial charge in [-0.25, -0.2) is 19.6 Å². The molecule has 6 nitrogen and oxygen atoms in total. The van der Waals surface area contributed by atoms with E-state index in [1.54, 1.807) is 6.92 Å². The molecule has 6 heteroatoms. The van der Waals surface area contributed by atoms with Crippen molar-refractivity contribution < 1.29 is 4.42 Å². The molecule has 100 valence electrons. The first-order valence-electron chi connectivity index (χ1n) is 6.17. The van der Waals surface area contributed by atoms with Crippen LogP contribution in [0.4, 0.5) is 0 Å². The monoisotopic (exact) mass is 269 g/mol. The van der Waals surface area contributed by atoms with E-state index in [1.807, 2.05) is 30.3 Å². The fourth-order valence-electron chi connectivity index (χ4n) is 2.00. The van der Waals surface area contributed by atoms with Crippen LogP contribution in [0.2, 0.25) is 0 Å². The minimum atomic E-state index is -0.714. The van der Waals surface area contributed by atoms with Gasteiger partial charge < -0.3 is 4.42 Å². The lowest BCUT2D eigenvalue weighted by molar-refractivity contribution is 0.419. The molecule has 0 unspecified atom stereocenters. The van der Waals surface area contributed by atoms with Crippen LogP contribution in [-0.4, -0.2) is 14.5 Å². The summed E-state index contributed by atoms with van der Waals surface area (Å²) in [6.07, 6.45) is 1.39. The second kappa shape index (κ2) is 4.73. The normalized spacial score (nSPS) is 10.8. The third-order valence-corrected chi connectivity index (χ3v) is 2.99. The fraction of sp³-hybridized carbons (Fsp3) is 0.143. The fourth-order valence-corrected chi connectivity index (χ4v) is 2.00. The van der Waals surface area contributed by atoms with E-state index in [0.29, 0.717) is 18.0 Å². The van der Waals surface area contributed by atoms with Crippen LogP contribution in [0.15, 0.2) is 50.5 Å². The number of hydrogen-bond donors (Lipinski definition) is 0. The van der Waals surface area contributed by atoms with E-state index >= 15 is 0 Å². The van der Waals surface area contributed by atoms with Gasteiger partial charge in [-0.3, -0.25) is 4.57 Å². The molecule has 0 atom stereocenters. The van der Waals surface area contributed by atoms with Crippen LogP contribution in [0.5, 0.6) is 0 Å². The van der Waals surface area contributed by atoms with Gasteiger partial charge in [-0.2, -0.15) is 0 Å². The Labute approximate surface area is 113 Å². The first-order valence-corrected chi connectivity index (χ1v) is 6.17. The Balaban J connectivity index is 2.36. The summed E-state index contributed by atoms with van der Waals surface area (Å²) in [7, 11) is 0. The predicted molar refractivity (Wildman–Crippen MR) is 73.4 cm³/mol. The van der Waals surface area contributed by atoms with Crippen molar-refractivity contribution >= 4 is 11.0 Å². The smallest absolute Gasteiger partial charge is 0.372 e. The molecule has 0 bridgehead atoms. The lowest BCUT2D eigenvalue weighted by Gasteiger charge is -2.06. The summed E-state index contributed by atoms with van der Waals surface area (Å²) >= 11 is 0. The van der Waals surface area contributed by atoms with Crippen LogP contribution in [0.1, 0.15) is 6.92 Å². The quantitative estimate of drug-likeness (QED) is 0.703. The Morgan fingerprint density at radius 1 is 1.20 bits per heavy atom. The molecule has 0 saturated carbocycles. The van der Waals surface area contributed by atoms with Crippen LogP contribution in [0.25, 0.3) is 22.4 Å². The number of hydrogen-bond acceptors (Lipinski definition) is 5. The van der Waals surface area contributed by atoms with E-state index in [2.05, 4.69) is 14.4 Å². The average Bonchev–Trinajstić information content (AvgIpc) is 2.48. The Morgan fingerprint density at radius 3 is 2.65 bits per heavy atom. The zero-order valence-electron chi connectivity index (χ0n) is 10.7. The summed E-state index contributed by atoms with van der Waals surface area (Å²) in [5, 5.41) is 0.200. The van der Waals surface area contributed by atoms with E-state index < -0.39 is 11.4 Å². The van der Waals surface area contributed by atoms with Crippen LogP contribution in [0.3, 0.4) is 0 Å². The van der Waals surface area contributed by atoms with Gasteiger partial charge in [0.05, 0.1) is 0 Å². The second-order valence-corrected chi connectivity index (χ2v) is 4.20. The summed E-state index contributed by atoms with van der Waals surface area (Å²) in [5.41, 5.74) is 0.398. The van der Waals surface area contributed by atoms with Gasteiger partial charge in [0.25, 0.3) is 0 Å². The topological polar surface area (TPSA) is 78.0 Å². The van der Waals surface area contributed by atoms with Crippen molar-refractivity contribution in [3.8, 4) is 11.4 Å². The highest BCUT2D eigenvalue weighted by atomic mass is 16.4. The average molecular weight is 269 g/mol. The minimum absolute atomic E-state index is 0.200. The summed E-state index contributed by atoms with van der Waals surface area (Å²) in [4.78, 5) is 31.8. The van der Waals surface area contributed by atoms with Crippen molar-refractivity contribution in [2.24, 2.45) is 0 Å². The molecule has 0 amide bonds. The maximum Gasteiger partial charge on any atom is 0.423 e. The van der Waals surface area contributed by atoms with E-state index in [4.69, 9.17) is 0 Å². The van der Waals surface area contributed by atoms with Gasteiger partial charge >= 0.3 is 11.4 Å².